The zero-order valence-corrected chi connectivity index (χ0v) is 22.1. The Balaban J connectivity index is 1.42. The number of carbonyl (C=O) groups excluding carboxylic acids is 1. The lowest BCUT2D eigenvalue weighted by molar-refractivity contribution is -0.308. The van der Waals surface area contributed by atoms with Gasteiger partial charge in [-0.1, -0.05) is 31.0 Å². The van der Waals surface area contributed by atoms with E-state index in [0.717, 1.165) is 67.4 Å². The molecule has 1 aromatic carbocycles. The first-order chi connectivity index (χ1) is 17.8. The van der Waals surface area contributed by atoms with Crippen LogP contribution in [0.4, 0.5) is 36.8 Å². The van der Waals surface area contributed by atoms with Gasteiger partial charge < -0.3 is 14.5 Å². The molecule has 3 saturated heterocycles. The number of carbonyl (C=O) groups is 1. The van der Waals surface area contributed by atoms with E-state index < -0.39 is 24.5 Å². The molecule has 3 aliphatic rings. The third-order valence-electron chi connectivity index (χ3n) is 8.45. The van der Waals surface area contributed by atoms with E-state index in [1.165, 1.54) is 6.42 Å². The largest absolute Gasteiger partial charge is 0.434 e. The molecule has 3 heterocycles. The molecule has 0 aromatic heterocycles. The average molecular weight is 570 g/mol. The van der Waals surface area contributed by atoms with E-state index in [0.29, 0.717) is 24.4 Å². The number of ether oxygens (including phenoxy) is 1. The van der Waals surface area contributed by atoms with Gasteiger partial charge in [0.1, 0.15) is 0 Å². The molecule has 214 valence electrons. The lowest BCUT2D eigenvalue weighted by Gasteiger charge is -2.45. The number of nitrogens with zero attached hydrogens (tertiary/aromatic N) is 3. The van der Waals surface area contributed by atoms with Gasteiger partial charge in [0.2, 0.25) is 0 Å². The van der Waals surface area contributed by atoms with E-state index in [4.69, 9.17) is 11.6 Å². The Bertz CT molecular complexity index is 959. The van der Waals surface area contributed by atoms with Crippen LogP contribution in [0.1, 0.15) is 57.4 Å². The highest BCUT2D eigenvalue weighted by Gasteiger charge is 2.60. The first kappa shape index (κ1) is 29.1. The van der Waals surface area contributed by atoms with Gasteiger partial charge in [-0.15, -0.1) is 0 Å². The number of rotatable bonds is 5. The predicted molar refractivity (Wildman–Crippen MR) is 132 cm³/mol. The number of piperidine rings is 2. The molecule has 0 bridgehead atoms. The van der Waals surface area contributed by atoms with Gasteiger partial charge in [-0.3, -0.25) is 4.90 Å². The third kappa shape index (κ3) is 6.46. The fourth-order valence-corrected chi connectivity index (χ4v) is 6.33. The van der Waals surface area contributed by atoms with Crippen LogP contribution < -0.4 is 4.90 Å². The topological polar surface area (TPSA) is 36.0 Å². The molecule has 3 aliphatic heterocycles. The van der Waals surface area contributed by atoms with Gasteiger partial charge in [-0.05, 0) is 68.7 Å². The van der Waals surface area contributed by atoms with Crippen molar-refractivity contribution in [2.45, 2.75) is 82.4 Å². The first-order valence-corrected chi connectivity index (χ1v) is 13.6. The second kappa shape index (κ2) is 11.3. The highest BCUT2D eigenvalue weighted by Crippen LogP contribution is 2.42. The fourth-order valence-electron chi connectivity index (χ4n) is 6.16. The van der Waals surface area contributed by atoms with Crippen LogP contribution >= 0.6 is 11.6 Å². The van der Waals surface area contributed by atoms with Crippen LogP contribution in [0.15, 0.2) is 18.2 Å². The predicted octanol–water partition coefficient (Wildman–Crippen LogP) is 7.03. The Hall–Kier alpha value is -1.88. The molecule has 5 nitrogen and oxygen atoms in total. The Morgan fingerprint density at radius 2 is 1.66 bits per heavy atom. The second-order valence-corrected chi connectivity index (χ2v) is 11.1. The minimum Gasteiger partial charge on any atom is -0.426 e. The Kier molecular flexibility index (Phi) is 8.67. The SMILES string of the molecule is CCC1CCN(c2cc(Cl)ccc2CN2CCCC23CCN(C(=O)OC(C(F)(F)F)C(F)(F)F)CC3)CC1. The van der Waals surface area contributed by atoms with Crippen LogP contribution in [0.3, 0.4) is 0 Å². The number of amides is 1. The number of likely N-dealkylation sites (tertiary alicyclic amines) is 2. The zero-order valence-electron chi connectivity index (χ0n) is 21.4. The number of benzene rings is 1. The fraction of sp³-hybridized carbons (Fsp3) is 0.731. The van der Waals surface area contributed by atoms with Gasteiger partial charge >= 0.3 is 18.4 Å². The van der Waals surface area contributed by atoms with Crippen molar-refractivity contribution in [1.82, 2.24) is 9.80 Å². The van der Waals surface area contributed by atoms with E-state index in [1.54, 1.807) is 0 Å². The summed E-state index contributed by atoms with van der Waals surface area (Å²) in [7, 11) is 0. The molecule has 12 heteroatoms. The monoisotopic (exact) mass is 569 g/mol. The number of hydrogen-bond donors (Lipinski definition) is 0. The number of halogens is 7. The van der Waals surface area contributed by atoms with Crippen molar-refractivity contribution in [1.29, 1.82) is 0 Å². The maximum absolute atomic E-state index is 12.8. The number of anilines is 1. The molecule has 0 radical (unpaired) electrons. The van der Waals surface area contributed by atoms with Crippen molar-refractivity contribution < 1.29 is 35.9 Å². The molecular weight excluding hydrogens is 536 g/mol. The van der Waals surface area contributed by atoms with Crippen LogP contribution in [-0.2, 0) is 11.3 Å². The molecule has 0 aliphatic carbocycles. The maximum Gasteiger partial charge on any atom is 0.434 e. The summed E-state index contributed by atoms with van der Waals surface area (Å²) in [6.45, 7) is 5.71. The standard InChI is InChI=1S/C26H34ClF6N3O2/c1-2-18-6-12-34(13-7-18)21-16-20(27)5-4-19(21)17-36-11-3-8-24(36)9-14-35(15-10-24)23(37)38-22(25(28,29)30)26(31,32)33/h4-5,16,18,22H,2-3,6-15,17H2,1H3. The summed E-state index contributed by atoms with van der Waals surface area (Å²) in [4.78, 5) is 17.9. The summed E-state index contributed by atoms with van der Waals surface area (Å²) in [5, 5.41) is 0.667. The zero-order chi connectivity index (χ0) is 27.7. The van der Waals surface area contributed by atoms with Crippen LogP contribution in [0.5, 0.6) is 0 Å². The van der Waals surface area contributed by atoms with E-state index in [2.05, 4.69) is 21.5 Å². The molecule has 0 unspecified atom stereocenters. The number of hydrogen-bond acceptors (Lipinski definition) is 4. The van der Waals surface area contributed by atoms with Crippen molar-refractivity contribution >= 4 is 23.4 Å². The van der Waals surface area contributed by atoms with Crippen LogP contribution in [-0.4, -0.2) is 72.6 Å². The second-order valence-electron chi connectivity index (χ2n) is 10.7. The highest BCUT2D eigenvalue weighted by molar-refractivity contribution is 6.30. The minimum atomic E-state index is -5.73. The molecule has 4 rings (SSSR count). The van der Waals surface area contributed by atoms with Crippen LogP contribution in [0.2, 0.25) is 5.02 Å². The Labute approximate surface area is 224 Å². The molecule has 0 saturated carbocycles. The van der Waals surface area contributed by atoms with E-state index >= 15 is 0 Å². The number of alkyl halides is 6. The summed E-state index contributed by atoms with van der Waals surface area (Å²) in [5.41, 5.74) is 1.99. The first-order valence-electron chi connectivity index (χ1n) is 13.2. The summed E-state index contributed by atoms with van der Waals surface area (Å²) >= 11 is 6.36. The van der Waals surface area contributed by atoms with Gasteiger partial charge in [0.25, 0.3) is 6.10 Å². The van der Waals surface area contributed by atoms with Gasteiger partial charge in [0, 0.05) is 49.0 Å². The van der Waals surface area contributed by atoms with Crippen molar-refractivity contribution in [3.8, 4) is 0 Å². The molecule has 1 amide bonds. The minimum absolute atomic E-state index is 0.0375. The van der Waals surface area contributed by atoms with Gasteiger partial charge in [-0.2, -0.15) is 26.3 Å². The molecule has 3 fully saturated rings. The lowest BCUT2D eigenvalue weighted by Crippen LogP contribution is -2.54. The normalized spacial score (nSPS) is 21.5. The molecular formula is C26H34ClF6N3O2. The molecule has 38 heavy (non-hydrogen) atoms. The maximum atomic E-state index is 12.8. The van der Waals surface area contributed by atoms with Crippen molar-refractivity contribution in [2.75, 3.05) is 37.6 Å². The highest BCUT2D eigenvalue weighted by atomic mass is 35.5. The third-order valence-corrected chi connectivity index (χ3v) is 8.68. The van der Waals surface area contributed by atoms with E-state index in [1.807, 2.05) is 18.2 Å². The molecule has 1 aromatic rings. The van der Waals surface area contributed by atoms with Crippen LogP contribution in [0, 0.1) is 5.92 Å². The lowest BCUT2D eigenvalue weighted by atomic mass is 9.84. The molecule has 0 atom stereocenters. The quantitative estimate of drug-likeness (QED) is 0.357. The Morgan fingerprint density at radius 3 is 2.24 bits per heavy atom. The van der Waals surface area contributed by atoms with Gasteiger partial charge in [-0.25, -0.2) is 4.79 Å². The van der Waals surface area contributed by atoms with Gasteiger partial charge in [0.05, 0.1) is 0 Å². The summed E-state index contributed by atoms with van der Waals surface area (Å²) in [6.07, 6.45) is -11.0. The summed E-state index contributed by atoms with van der Waals surface area (Å²) in [6, 6.07) is 5.91. The summed E-state index contributed by atoms with van der Waals surface area (Å²) < 4.78 is 80.9. The van der Waals surface area contributed by atoms with Crippen molar-refractivity contribution in [3.05, 3.63) is 28.8 Å². The average Bonchev–Trinajstić information content (AvgIpc) is 3.23. The Morgan fingerprint density at radius 1 is 1.03 bits per heavy atom. The smallest absolute Gasteiger partial charge is 0.426 e. The van der Waals surface area contributed by atoms with Crippen LogP contribution in [0.25, 0.3) is 0 Å². The molecule has 0 N–H and O–H groups in total. The van der Waals surface area contributed by atoms with E-state index in [-0.39, 0.29) is 18.6 Å². The van der Waals surface area contributed by atoms with E-state index in [9.17, 15) is 31.1 Å². The van der Waals surface area contributed by atoms with Crippen molar-refractivity contribution in [3.63, 3.8) is 0 Å². The van der Waals surface area contributed by atoms with Gasteiger partial charge in [0.15, 0.2) is 0 Å². The summed E-state index contributed by atoms with van der Waals surface area (Å²) in [5.74, 6) is 0.732. The molecule has 1 spiro atoms. The van der Waals surface area contributed by atoms with Crippen molar-refractivity contribution in [2.24, 2.45) is 5.92 Å².